The highest BCUT2D eigenvalue weighted by atomic mass is 32.2. The van der Waals surface area contributed by atoms with Crippen LogP contribution in [0.1, 0.15) is 79.6 Å². The van der Waals surface area contributed by atoms with Gasteiger partial charge in [-0.05, 0) is 88.0 Å². The standard InChI is InChI=1S/C24H37NO2S/c1-6-22(2,3)25-21(27)15-13-18-16-7-8-19-24(5,12-10-20(26)28-19)17(16)9-11-23(18,4)14-15/h10,12,15-19H,6-9,11,13-14H2,1-5H3,(H,25,27)/t15?,16-,17-,18+,19?,23-,24-/m1/s1. The van der Waals surface area contributed by atoms with Crippen LogP contribution in [0.4, 0.5) is 0 Å². The summed E-state index contributed by atoms with van der Waals surface area (Å²) in [6.45, 7) is 11.2. The van der Waals surface area contributed by atoms with Crippen LogP contribution in [0.25, 0.3) is 0 Å². The molecule has 3 saturated carbocycles. The maximum Gasteiger partial charge on any atom is 0.223 e. The Balaban J connectivity index is 1.54. The lowest BCUT2D eigenvalue weighted by Gasteiger charge is -2.57. The van der Waals surface area contributed by atoms with Gasteiger partial charge < -0.3 is 5.32 Å². The van der Waals surface area contributed by atoms with Gasteiger partial charge in [-0.25, -0.2) is 0 Å². The van der Waals surface area contributed by atoms with Crippen LogP contribution in [0.2, 0.25) is 0 Å². The Morgan fingerprint density at radius 1 is 1.25 bits per heavy atom. The van der Waals surface area contributed by atoms with Crippen LogP contribution in [-0.4, -0.2) is 21.8 Å². The fourth-order valence-corrected chi connectivity index (χ4v) is 8.17. The van der Waals surface area contributed by atoms with Crippen LogP contribution in [0, 0.1) is 34.5 Å². The van der Waals surface area contributed by atoms with Crippen LogP contribution in [0.5, 0.6) is 0 Å². The number of carbonyl (C=O) groups excluding carboxylic acids is 2. The highest BCUT2D eigenvalue weighted by Crippen LogP contribution is 2.65. The fourth-order valence-electron chi connectivity index (χ4n) is 6.98. The Morgan fingerprint density at radius 2 is 2.00 bits per heavy atom. The molecule has 7 atom stereocenters. The van der Waals surface area contributed by atoms with E-state index in [2.05, 4.69) is 46.0 Å². The van der Waals surface area contributed by atoms with Crippen molar-refractivity contribution in [3.63, 3.8) is 0 Å². The molecule has 3 aliphatic carbocycles. The molecule has 1 amide bonds. The van der Waals surface area contributed by atoms with Gasteiger partial charge in [0.2, 0.25) is 11.0 Å². The predicted molar refractivity (Wildman–Crippen MR) is 116 cm³/mol. The van der Waals surface area contributed by atoms with E-state index in [1.54, 1.807) is 11.8 Å². The van der Waals surface area contributed by atoms with Gasteiger partial charge in [-0.15, -0.1) is 0 Å². The summed E-state index contributed by atoms with van der Waals surface area (Å²) in [5.41, 5.74) is 0.341. The van der Waals surface area contributed by atoms with E-state index in [0.717, 1.165) is 25.7 Å². The fraction of sp³-hybridized carbons (Fsp3) is 0.833. The summed E-state index contributed by atoms with van der Waals surface area (Å²) in [4.78, 5) is 25.0. The minimum atomic E-state index is -0.115. The molecule has 0 saturated heterocycles. The summed E-state index contributed by atoms with van der Waals surface area (Å²) in [5.74, 6) is 2.46. The molecule has 3 nitrogen and oxygen atoms in total. The Kier molecular flexibility index (Phi) is 5.04. The summed E-state index contributed by atoms with van der Waals surface area (Å²) in [6, 6.07) is 0. The molecule has 156 valence electrons. The highest BCUT2D eigenvalue weighted by Gasteiger charge is 2.59. The van der Waals surface area contributed by atoms with Crippen molar-refractivity contribution in [2.45, 2.75) is 90.4 Å². The van der Waals surface area contributed by atoms with Crippen molar-refractivity contribution < 1.29 is 9.59 Å². The van der Waals surface area contributed by atoms with Crippen LogP contribution >= 0.6 is 11.8 Å². The lowest BCUT2D eigenvalue weighted by atomic mass is 9.50. The molecule has 0 spiro atoms. The topological polar surface area (TPSA) is 46.2 Å². The number of allylic oxidation sites excluding steroid dienone is 1. The Bertz CT molecular complexity index is 701. The average molecular weight is 404 g/mol. The Morgan fingerprint density at radius 3 is 2.71 bits per heavy atom. The highest BCUT2D eigenvalue weighted by molar-refractivity contribution is 8.14. The minimum Gasteiger partial charge on any atom is -0.351 e. The number of fused-ring (bicyclic) bond motifs is 5. The van der Waals surface area contributed by atoms with Crippen molar-refractivity contribution >= 4 is 22.8 Å². The second kappa shape index (κ2) is 6.89. The molecule has 3 fully saturated rings. The van der Waals surface area contributed by atoms with Crippen molar-refractivity contribution in [2.24, 2.45) is 34.5 Å². The molecule has 1 N–H and O–H groups in total. The van der Waals surface area contributed by atoms with Crippen LogP contribution in [0.3, 0.4) is 0 Å². The van der Waals surface area contributed by atoms with Gasteiger partial charge in [-0.1, -0.05) is 38.6 Å². The molecule has 0 aromatic rings. The first-order valence-corrected chi connectivity index (χ1v) is 12.2. The Hall–Kier alpha value is -0.770. The monoisotopic (exact) mass is 403 g/mol. The quantitative estimate of drug-likeness (QED) is 0.691. The predicted octanol–water partition coefficient (Wildman–Crippen LogP) is 5.35. The van der Waals surface area contributed by atoms with Gasteiger partial charge in [0.15, 0.2) is 0 Å². The largest absolute Gasteiger partial charge is 0.351 e. The van der Waals surface area contributed by atoms with Crippen molar-refractivity contribution in [1.29, 1.82) is 0 Å². The number of thioether (sulfide) groups is 1. The second-order valence-corrected chi connectivity index (χ2v) is 12.3. The first-order valence-electron chi connectivity index (χ1n) is 11.3. The molecule has 2 unspecified atom stereocenters. The molecular formula is C24H37NO2S. The molecule has 28 heavy (non-hydrogen) atoms. The van der Waals surface area contributed by atoms with Gasteiger partial charge in [0, 0.05) is 22.1 Å². The smallest absolute Gasteiger partial charge is 0.223 e. The lowest BCUT2D eigenvalue weighted by Crippen LogP contribution is -2.52. The summed E-state index contributed by atoms with van der Waals surface area (Å²) < 4.78 is 0. The average Bonchev–Trinajstić information content (AvgIpc) is 3.00. The molecule has 0 radical (unpaired) electrons. The van der Waals surface area contributed by atoms with Crippen molar-refractivity contribution in [2.75, 3.05) is 0 Å². The molecule has 1 heterocycles. The molecule has 4 rings (SSSR count). The molecule has 0 aromatic carbocycles. The summed E-state index contributed by atoms with van der Waals surface area (Å²) in [5, 5.41) is 3.99. The summed E-state index contributed by atoms with van der Waals surface area (Å²) in [6.07, 6.45) is 12.0. The number of carbonyl (C=O) groups is 2. The normalized spacial score (nSPS) is 45.2. The lowest BCUT2D eigenvalue weighted by molar-refractivity contribution is -0.126. The molecule has 0 bridgehead atoms. The zero-order valence-electron chi connectivity index (χ0n) is 18.2. The van der Waals surface area contributed by atoms with E-state index < -0.39 is 0 Å². The van der Waals surface area contributed by atoms with E-state index in [4.69, 9.17) is 0 Å². The third-order valence-corrected chi connectivity index (χ3v) is 10.4. The number of amides is 1. The first kappa shape index (κ1) is 20.5. The van der Waals surface area contributed by atoms with E-state index in [-0.39, 0.29) is 27.9 Å². The SMILES string of the molecule is CCC(C)(C)NC(=O)C1C[C@H]2[C@@H]3CCC4SC(=O)C=C[C@]4(C)[C@@H]3CC[C@]2(C)C1. The van der Waals surface area contributed by atoms with E-state index in [9.17, 15) is 9.59 Å². The molecule has 1 aliphatic heterocycles. The molecule has 4 heteroatoms. The zero-order chi connectivity index (χ0) is 20.3. The summed E-state index contributed by atoms with van der Waals surface area (Å²) >= 11 is 1.57. The van der Waals surface area contributed by atoms with Crippen LogP contribution in [-0.2, 0) is 9.59 Å². The first-order chi connectivity index (χ1) is 13.1. The van der Waals surface area contributed by atoms with Gasteiger partial charge >= 0.3 is 0 Å². The number of hydrogen-bond donors (Lipinski definition) is 1. The van der Waals surface area contributed by atoms with E-state index >= 15 is 0 Å². The maximum absolute atomic E-state index is 13.0. The maximum atomic E-state index is 13.0. The van der Waals surface area contributed by atoms with Crippen LogP contribution < -0.4 is 5.32 Å². The molecule has 0 aromatic heterocycles. The van der Waals surface area contributed by atoms with Crippen LogP contribution in [0.15, 0.2) is 12.2 Å². The van der Waals surface area contributed by atoms with Gasteiger partial charge in [-0.3, -0.25) is 9.59 Å². The van der Waals surface area contributed by atoms with Gasteiger partial charge in [-0.2, -0.15) is 0 Å². The number of nitrogens with one attached hydrogen (secondary N) is 1. The number of hydrogen-bond acceptors (Lipinski definition) is 3. The van der Waals surface area contributed by atoms with Gasteiger partial charge in [0.05, 0.1) is 0 Å². The molecule has 4 aliphatic rings. The number of rotatable bonds is 3. The second-order valence-electron chi connectivity index (χ2n) is 11.1. The third kappa shape index (κ3) is 3.28. The van der Waals surface area contributed by atoms with Crippen molar-refractivity contribution in [3.8, 4) is 0 Å². The van der Waals surface area contributed by atoms with E-state index in [0.29, 0.717) is 28.4 Å². The zero-order valence-corrected chi connectivity index (χ0v) is 19.0. The Labute approximate surface area is 174 Å². The van der Waals surface area contributed by atoms with Crippen molar-refractivity contribution in [1.82, 2.24) is 5.32 Å². The van der Waals surface area contributed by atoms with Crippen molar-refractivity contribution in [3.05, 3.63) is 12.2 Å². The van der Waals surface area contributed by atoms with E-state index in [1.807, 2.05) is 6.08 Å². The molecular weight excluding hydrogens is 366 g/mol. The van der Waals surface area contributed by atoms with Gasteiger partial charge in [0.25, 0.3) is 0 Å². The summed E-state index contributed by atoms with van der Waals surface area (Å²) in [7, 11) is 0. The minimum absolute atomic E-state index is 0.115. The van der Waals surface area contributed by atoms with E-state index in [1.165, 1.54) is 19.3 Å². The van der Waals surface area contributed by atoms with Gasteiger partial charge in [0.1, 0.15) is 0 Å². The third-order valence-electron chi connectivity index (χ3n) is 9.01.